The summed E-state index contributed by atoms with van der Waals surface area (Å²) < 4.78 is 9.94. The summed E-state index contributed by atoms with van der Waals surface area (Å²) in [6, 6.07) is 0. The van der Waals surface area contributed by atoms with Crippen molar-refractivity contribution in [3.05, 3.63) is 18.2 Å². The molecule has 2 aromatic heterocycles. The highest BCUT2D eigenvalue weighted by Gasteiger charge is 2.13. The average molecular weight is 221 g/mol. The maximum absolute atomic E-state index is 5.64. The monoisotopic (exact) mass is 221 g/mol. The molecule has 0 aliphatic carbocycles. The van der Waals surface area contributed by atoms with Gasteiger partial charge in [-0.15, -0.1) is 0 Å². The van der Waals surface area contributed by atoms with Gasteiger partial charge in [0.2, 0.25) is 0 Å². The second-order valence-corrected chi connectivity index (χ2v) is 3.05. The largest absolute Gasteiger partial charge is 0.384 e. The van der Waals surface area contributed by atoms with Crippen LogP contribution in [0, 0.1) is 0 Å². The van der Waals surface area contributed by atoms with Gasteiger partial charge in [0.05, 0.1) is 6.61 Å². The molecule has 0 aromatic carbocycles. The van der Waals surface area contributed by atoms with Crippen molar-refractivity contribution in [2.24, 2.45) is 0 Å². The number of anilines is 1. The van der Waals surface area contributed by atoms with Gasteiger partial charge in [-0.2, -0.15) is 4.98 Å². The third-order valence-corrected chi connectivity index (χ3v) is 1.93. The van der Waals surface area contributed by atoms with E-state index < -0.39 is 0 Å². The summed E-state index contributed by atoms with van der Waals surface area (Å²) in [4.78, 5) is 12.1. The molecular formula is C9H11N5O2. The Morgan fingerprint density at radius 3 is 2.94 bits per heavy atom. The van der Waals surface area contributed by atoms with Crippen LogP contribution in [0.4, 0.5) is 5.82 Å². The number of nitrogen functional groups attached to an aromatic ring is 1. The molecule has 0 aliphatic heterocycles. The zero-order valence-electron chi connectivity index (χ0n) is 8.75. The van der Waals surface area contributed by atoms with Crippen LogP contribution >= 0.6 is 0 Å². The fourth-order valence-electron chi connectivity index (χ4n) is 1.16. The van der Waals surface area contributed by atoms with Crippen LogP contribution in [0.15, 0.2) is 16.9 Å². The van der Waals surface area contributed by atoms with Crippen molar-refractivity contribution in [1.82, 2.24) is 20.1 Å². The van der Waals surface area contributed by atoms with E-state index in [9.17, 15) is 0 Å². The Balaban J connectivity index is 2.22. The number of nitrogens with zero attached hydrogens (tertiary/aromatic N) is 4. The van der Waals surface area contributed by atoms with Crippen LogP contribution in [-0.2, 0) is 11.2 Å². The van der Waals surface area contributed by atoms with E-state index in [2.05, 4.69) is 20.1 Å². The van der Waals surface area contributed by atoms with Gasteiger partial charge in [0.1, 0.15) is 0 Å². The molecule has 2 rings (SSSR count). The number of hydrogen-bond acceptors (Lipinski definition) is 7. The van der Waals surface area contributed by atoms with Crippen molar-refractivity contribution in [3.63, 3.8) is 0 Å². The van der Waals surface area contributed by atoms with Crippen LogP contribution < -0.4 is 5.73 Å². The molecule has 16 heavy (non-hydrogen) atoms. The van der Waals surface area contributed by atoms with Crippen LogP contribution in [0.2, 0.25) is 0 Å². The van der Waals surface area contributed by atoms with Gasteiger partial charge >= 0.3 is 0 Å². The summed E-state index contributed by atoms with van der Waals surface area (Å²) in [6.07, 6.45) is 3.60. The van der Waals surface area contributed by atoms with Gasteiger partial charge in [0.15, 0.2) is 17.3 Å². The SMILES string of the molecule is COCCc1noc(-c2nccnc2N)n1. The highest BCUT2D eigenvalue weighted by atomic mass is 16.5. The van der Waals surface area contributed by atoms with Gasteiger partial charge < -0.3 is 15.0 Å². The first kappa shape index (κ1) is 10.5. The zero-order chi connectivity index (χ0) is 11.4. The van der Waals surface area contributed by atoms with Crippen molar-refractivity contribution in [3.8, 4) is 11.6 Å². The second-order valence-electron chi connectivity index (χ2n) is 3.05. The Kier molecular flexibility index (Phi) is 3.06. The molecule has 0 saturated carbocycles. The lowest BCUT2D eigenvalue weighted by molar-refractivity contribution is 0.199. The quantitative estimate of drug-likeness (QED) is 0.792. The van der Waals surface area contributed by atoms with Gasteiger partial charge in [-0.25, -0.2) is 9.97 Å². The average Bonchev–Trinajstić information content (AvgIpc) is 2.75. The normalized spacial score (nSPS) is 10.6. The number of nitrogens with two attached hydrogens (primary N) is 1. The number of methoxy groups -OCH3 is 1. The zero-order valence-corrected chi connectivity index (χ0v) is 8.75. The summed E-state index contributed by atoms with van der Waals surface area (Å²) in [5, 5.41) is 3.78. The number of aromatic nitrogens is 4. The molecule has 0 radical (unpaired) electrons. The maximum atomic E-state index is 5.64. The lowest BCUT2D eigenvalue weighted by Gasteiger charge is -1.95. The van der Waals surface area contributed by atoms with E-state index in [0.717, 1.165) is 0 Å². The molecule has 2 N–H and O–H groups in total. The number of hydrogen-bond donors (Lipinski definition) is 1. The first-order chi connectivity index (χ1) is 7.81. The van der Waals surface area contributed by atoms with E-state index in [1.165, 1.54) is 12.4 Å². The minimum Gasteiger partial charge on any atom is -0.384 e. The predicted octanol–water partition coefficient (Wildman–Crippen LogP) is 0.298. The van der Waals surface area contributed by atoms with Crippen molar-refractivity contribution >= 4 is 5.82 Å². The van der Waals surface area contributed by atoms with Crippen molar-refractivity contribution in [1.29, 1.82) is 0 Å². The second kappa shape index (κ2) is 4.67. The Bertz CT molecular complexity index is 470. The molecular weight excluding hydrogens is 210 g/mol. The van der Waals surface area contributed by atoms with Crippen LogP contribution in [-0.4, -0.2) is 33.8 Å². The molecule has 0 amide bonds. The Hall–Kier alpha value is -2.02. The molecule has 0 atom stereocenters. The van der Waals surface area contributed by atoms with E-state index in [1.54, 1.807) is 7.11 Å². The van der Waals surface area contributed by atoms with Crippen molar-refractivity contribution in [2.45, 2.75) is 6.42 Å². The summed E-state index contributed by atoms with van der Waals surface area (Å²) >= 11 is 0. The molecule has 0 fully saturated rings. The van der Waals surface area contributed by atoms with Crippen molar-refractivity contribution < 1.29 is 9.26 Å². The standard InChI is InChI=1S/C9H11N5O2/c1-15-5-2-6-13-9(16-14-6)7-8(10)12-4-3-11-7/h3-4H,2,5H2,1H3,(H2,10,12). The third kappa shape index (κ3) is 2.14. The highest BCUT2D eigenvalue weighted by molar-refractivity contribution is 5.61. The van der Waals surface area contributed by atoms with E-state index in [1.807, 2.05) is 0 Å². The third-order valence-electron chi connectivity index (χ3n) is 1.93. The van der Waals surface area contributed by atoms with Crippen LogP contribution in [0.5, 0.6) is 0 Å². The summed E-state index contributed by atoms with van der Waals surface area (Å²) in [5.41, 5.74) is 6.04. The van der Waals surface area contributed by atoms with E-state index in [0.29, 0.717) is 24.5 Å². The van der Waals surface area contributed by atoms with Gasteiger partial charge in [-0.1, -0.05) is 5.16 Å². The Morgan fingerprint density at radius 1 is 1.38 bits per heavy atom. The molecule has 2 heterocycles. The molecule has 84 valence electrons. The number of ether oxygens (including phenoxy) is 1. The van der Waals surface area contributed by atoms with Crippen molar-refractivity contribution in [2.75, 3.05) is 19.5 Å². The first-order valence-electron chi connectivity index (χ1n) is 4.69. The summed E-state index contributed by atoms with van der Waals surface area (Å²) in [6.45, 7) is 0.537. The Morgan fingerprint density at radius 2 is 2.19 bits per heavy atom. The maximum Gasteiger partial charge on any atom is 0.280 e. The fourth-order valence-corrected chi connectivity index (χ4v) is 1.16. The minimum absolute atomic E-state index is 0.268. The Labute approximate surface area is 91.7 Å². The summed E-state index contributed by atoms with van der Waals surface area (Å²) in [7, 11) is 1.61. The lowest BCUT2D eigenvalue weighted by atomic mass is 10.4. The molecule has 7 nitrogen and oxygen atoms in total. The van der Waals surface area contributed by atoms with Gasteiger partial charge in [-0.3, -0.25) is 0 Å². The molecule has 0 bridgehead atoms. The molecule has 0 aliphatic rings. The number of rotatable bonds is 4. The topological polar surface area (TPSA) is 100.0 Å². The van der Waals surface area contributed by atoms with E-state index in [-0.39, 0.29) is 11.7 Å². The lowest BCUT2D eigenvalue weighted by Crippen LogP contribution is -1.98. The molecule has 7 heteroatoms. The van der Waals surface area contributed by atoms with E-state index >= 15 is 0 Å². The van der Waals surface area contributed by atoms with Crippen LogP contribution in [0.25, 0.3) is 11.6 Å². The fraction of sp³-hybridized carbons (Fsp3) is 0.333. The molecule has 0 saturated heterocycles. The first-order valence-corrected chi connectivity index (χ1v) is 4.69. The van der Waals surface area contributed by atoms with Gasteiger partial charge in [0, 0.05) is 25.9 Å². The summed E-state index contributed by atoms with van der Waals surface area (Å²) in [5.74, 6) is 1.10. The molecule has 0 spiro atoms. The van der Waals surface area contributed by atoms with Crippen LogP contribution in [0.3, 0.4) is 0 Å². The van der Waals surface area contributed by atoms with Gasteiger partial charge in [0.25, 0.3) is 5.89 Å². The predicted molar refractivity (Wildman–Crippen MR) is 55.3 cm³/mol. The molecule has 2 aromatic rings. The smallest absolute Gasteiger partial charge is 0.280 e. The highest BCUT2D eigenvalue weighted by Crippen LogP contribution is 2.18. The van der Waals surface area contributed by atoms with E-state index in [4.69, 9.17) is 15.0 Å². The molecule has 0 unspecified atom stereocenters. The van der Waals surface area contributed by atoms with Gasteiger partial charge in [-0.05, 0) is 0 Å². The van der Waals surface area contributed by atoms with Crippen LogP contribution in [0.1, 0.15) is 5.82 Å². The minimum atomic E-state index is 0.268.